The molecule has 2 aromatic rings. The smallest absolute Gasteiger partial charge is 0.282 e. The predicted molar refractivity (Wildman–Crippen MR) is 107 cm³/mol. The summed E-state index contributed by atoms with van der Waals surface area (Å²) in [5, 5.41) is 2.80. The first-order valence-electron chi connectivity index (χ1n) is 9.02. The number of rotatable bonds is 5. The Kier molecular flexibility index (Phi) is 5.94. The number of anilines is 1. The zero-order valence-corrected chi connectivity index (χ0v) is 16.5. The van der Waals surface area contributed by atoms with E-state index in [1.165, 1.54) is 8.61 Å². The van der Waals surface area contributed by atoms with Gasteiger partial charge in [-0.25, -0.2) is 0 Å². The Morgan fingerprint density at radius 3 is 2.41 bits per heavy atom. The van der Waals surface area contributed by atoms with Crippen LogP contribution in [0.25, 0.3) is 0 Å². The molecule has 0 bridgehead atoms. The Labute approximate surface area is 161 Å². The summed E-state index contributed by atoms with van der Waals surface area (Å²) < 4.78 is 28.5. The van der Waals surface area contributed by atoms with Gasteiger partial charge >= 0.3 is 0 Å². The molecule has 0 atom stereocenters. The number of carbonyl (C=O) groups excluding carboxylic acids is 1. The molecule has 7 heteroatoms. The van der Waals surface area contributed by atoms with Crippen LogP contribution in [0.15, 0.2) is 48.5 Å². The second-order valence-corrected chi connectivity index (χ2v) is 8.79. The van der Waals surface area contributed by atoms with Crippen molar-refractivity contribution in [3.63, 3.8) is 0 Å². The fourth-order valence-electron chi connectivity index (χ4n) is 3.11. The van der Waals surface area contributed by atoms with E-state index in [9.17, 15) is 13.2 Å². The molecule has 3 rings (SSSR count). The second kappa shape index (κ2) is 8.21. The average Bonchev–Trinajstić information content (AvgIpc) is 2.63. The largest absolute Gasteiger partial charge is 0.325 e. The van der Waals surface area contributed by atoms with Gasteiger partial charge in [-0.15, -0.1) is 0 Å². The van der Waals surface area contributed by atoms with Gasteiger partial charge in [0.25, 0.3) is 10.2 Å². The van der Waals surface area contributed by atoms with Gasteiger partial charge < -0.3 is 5.32 Å². The number of hydrogen-bond acceptors (Lipinski definition) is 3. The number of nitrogens with zero attached hydrogens (tertiary/aromatic N) is 2. The number of carbonyl (C=O) groups is 1. The van der Waals surface area contributed by atoms with E-state index in [0.717, 1.165) is 16.7 Å². The Morgan fingerprint density at radius 1 is 1.00 bits per heavy atom. The van der Waals surface area contributed by atoms with Crippen LogP contribution in [-0.2, 0) is 21.5 Å². The fraction of sp³-hybridized carbons (Fsp3) is 0.350. The van der Waals surface area contributed by atoms with Crippen LogP contribution >= 0.6 is 0 Å². The van der Waals surface area contributed by atoms with E-state index in [-0.39, 0.29) is 12.5 Å². The van der Waals surface area contributed by atoms with Crippen molar-refractivity contribution in [2.24, 2.45) is 0 Å². The molecular weight excluding hydrogens is 362 g/mol. The van der Waals surface area contributed by atoms with Crippen LogP contribution in [0, 0.1) is 13.8 Å². The topological polar surface area (TPSA) is 69.7 Å². The Bertz CT molecular complexity index is 913. The van der Waals surface area contributed by atoms with Gasteiger partial charge in [0.1, 0.15) is 0 Å². The third-order valence-electron chi connectivity index (χ3n) is 4.78. The summed E-state index contributed by atoms with van der Waals surface area (Å²) in [5.41, 5.74) is 3.83. The van der Waals surface area contributed by atoms with Gasteiger partial charge in [0.2, 0.25) is 5.91 Å². The van der Waals surface area contributed by atoms with Crippen molar-refractivity contribution in [3.05, 3.63) is 65.2 Å². The summed E-state index contributed by atoms with van der Waals surface area (Å²) in [7, 11) is -3.66. The summed E-state index contributed by atoms with van der Waals surface area (Å²) in [6, 6.07) is 15.1. The highest BCUT2D eigenvalue weighted by molar-refractivity contribution is 7.86. The van der Waals surface area contributed by atoms with Gasteiger partial charge in [-0.05, 0) is 49.1 Å². The molecule has 0 aromatic heterocycles. The molecular formula is C20H25N3O3S. The molecule has 2 aromatic carbocycles. The van der Waals surface area contributed by atoms with Crippen LogP contribution in [-0.4, -0.2) is 42.6 Å². The predicted octanol–water partition coefficient (Wildman–Crippen LogP) is 2.69. The lowest BCUT2D eigenvalue weighted by Gasteiger charge is -2.34. The van der Waals surface area contributed by atoms with Crippen LogP contribution in [0.5, 0.6) is 0 Å². The lowest BCUT2D eigenvalue weighted by atomic mass is 10.1. The van der Waals surface area contributed by atoms with Crippen LogP contribution in [0.3, 0.4) is 0 Å². The van der Waals surface area contributed by atoms with Gasteiger partial charge in [0.05, 0.1) is 6.54 Å². The van der Waals surface area contributed by atoms with Gasteiger partial charge in [-0.2, -0.15) is 17.0 Å². The Morgan fingerprint density at radius 2 is 1.70 bits per heavy atom. The minimum atomic E-state index is -3.66. The van der Waals surface area contributed by atoms with Crippen LogP contribution in [0.1, 0.15) is 23.1 Å². The summed E-state index contributed by atoms with van der Waals surface area (Å²) in [6.07, 6.45) is 0.697. The third kappa shape index (κ3) is 4.74. The first kappa shape index (κ1) is 19.5. The van der Waals surface area contributed by atoms with Gasteiger partial charge in [0.15, 0.2) is 0 Å². The molecule has 0 radical (unpaired) electrons. The summed E-state index contributed by atoms with van der Waals surface area (Å²) >= 11 is 0. The van der Waals surface area contributed by atoms with Crippen LogP contribution < -0.4 is 5.32 Å². The molecule has 1 aliphatic rings. The van der Waals surface area contributed by atoms with E-state index in [0.29, 0.717) is 31.7 Å². The minimum Gasteiger partial charge on any atom is -0.325 e. The molecule has 1 amide bonds. The maximum absolute atomic E-state index is 12.9. The Balaban J connectivity index is 1.66. The first-order valence-corrected chi connectivity index (χ1v) is 10.4. The molecule has 1 fully saturated rings. The van der Waals surface area contributed by atoms with Crippen molar-refractivity contribution in [3.8, 4) is 0 Å². The summed E-state index contributed by atoms with van der Waals surface area (Å²) in [5.74, 6) is -0.330. The molecule has 1 saturated heterocycles. The van der Waals surface area contributed by atoms with E-state index in [1.807, 2.05) is 62.4 Å². The monoisotopic (exact) mass is 387 g/mol. The highest BCUT2D eigenvalue weighted by atomic mass is 32.2. The lowest BCUT2D eigenvalue weighted by Crippen LogP contribution is -2.51. The number of aryl methyl sites for hydroxylation is 2. The molecule has 0 saturated carbocycles. The molecule has 0 spiro atoms. The van der Waals surface area contributed by atoms with Crippen molar-refractivity contribution in [2.45, 2.75) is 26.8 Å². The molecule has 0 aliphatic carbocycles. The maximum atomic E-state index is 12.9. The number of amides is 1. The van der Waals surface area contributed by atoms with Crippen LogP contribution in [0.2, 0.25) is 0 Å². The van der Waals surface area contributed by atoms with Crippen molar-refractivity contribution in [2.75, 3.05) is 25.0 Å². The standard InChI is InChI=1S/C20H25N3O3S/c1-16-9-10-19(13-17(16)2)21-20(24)15-23-12-6-11-22(27(23,25)26)14-18-7-4-3-5-8-18/h3-5,7-10,13H,6,11-12,14-15H2,1-2H3,(H,21,24). The van der Waals surface area contributed by atoms with Crippen molar-refractivity contribution in [1.82, 2.24) is 8.61 Å². The van der Waals surface area contributed by atoms with Crippen LogP contribution in [0.4, 0.5) is 5.69 Å². The van der Waals surface area contributed by atoms with Crippen molar-refractivity contribution >= 4 is 21.8 Å². The minimum absolute atomic E-state index is 0.180. The lowest BCUT2D eigenvalue weighted by molar-refractivity contribution is -0.116. The van der Waals surface area contributed by atoms with Crippen molar-refractivity contribution < 1.29 is 13.2 Å². The van der Waals surface area contributed by atoms with E-state index < -0.39 is 10.2 Å². The average molecular weight is 388 g/mol. The zero-order chi connectivity index (χ0) is 19.4. The van der Waals surface area contributed by atoms with E-state index in [4.69, 9.17) is 0 Å². The summed E-state index contributed by atoms with van der Waals surface area (Å²) in [6.45, 7) is 4.93. The summed E-state index contributed by atoms with van der Waals surface area (Å²) in [4.78, 5) is 12.4. The number of hydrogen-bond donors (Lipinski definition) is 1. The molecule has 1 aliphatic heterocycles. The molecule has 0 unspecified atom stereocenters. The molecule has 6 nitrogen and oxygen atoms in total. The van der Waals surface area contributed by atoms with Gasteiger partial charge in [0, 0.05) is 25.3 Å². The zero-order valence-electron chi connectivity index (χ0n) is 15.7. The quantitative estimate of drug-likeness (QED) is 0.858. The van der Waals surface area contributed by atoms with Crippen molar-refractivity contribution in [1.29, 1.82) is 0 Å². The van der Waals surface area contributed by atoms with E-state index in [1.54, 1.807) is 0 Å². The van der Waals surface area contributed by atoms with E-state index >= 15 is 0 Å². The number of benzene rings is 2. The van der Waals surface area contributed by atoms with Gasteiger partial charge in [-0.3, -0.25) is 4.79 Å². The highest BCUT2D eigenvalue weighted by Gasteiger charge is 2.34. The first-order chi connectivity index (χ1) is 12.9. The SMILES string of the molecule is Cc1ccc(NC(=O)CN2CCCN(Cc3ccccc3)S2(=O)=O)cc1C. The fourth-order valence-corrected chi connectivity index (χ4v) is 4.74. The molecule has 27 heavy (non-hydrogen) atoms. The van der Waals surface area contributed by atoms with E-state index in [2.05, 4.69) is 5.32 Å². The normalized spacial score (nSPS) is 17.6. The maximum Gasteiger partial charge on any atom is 0.282 e. The second-order valence-electron chi connectivity index (χ2n) is 6.86. The highest BCUT2D eigenvalue weighted by Crippen LogP contribution is 2.20. The molecule has 144 valence electrons. The van der Waals surface area contributed by atoms with Gasteiger partial charge in [-0.1, -0.05) is 36.4 Å². The molecule has 1 heterocycles. The third-order valence-corrected chi connectivity index (χ3v) is 6.71. The number of nitrogens with one attached hydrogen (secondary N) is 1. The Hall–Kier alpha value is -2.22. The molecule has 1 N–H and O–H groups in total.